The summed E-state index contributed by atoms with van der Waals surface area (Å²) in [6, 6.07) is 12.6. The fourth-order valence-corrected chi connectivity index (χ4v) is 1.37. The number of nitro benzene ring substituents is 1. The molecule has 98 valence electrons. The lowest BCUT2D eigenvalue weighted by Crippen LogP contribution is -1.88. The molecular weight excluding hydrogens is 268 g/mol. The number of benzene rings is 2. The molecule has 2 rings (SSSR count). The monoisotopic (exact) mass is 278 g/mol. The van der Waals surface area contributed by atoms with Gasteiger partial charge in [-0.25, -0.2) is 0 Å². The third-order valence-corrected chi connectivity index (χ3v) is 2.32. The number of phenolic OH excluding ortho intramolecular Hbond substituents is 1. The third-order valence-electron chi connectivity index (χ3n) is 2.32. The zero-order valence-corrected chi connectivity index (χ0v) is 10.6. The molecule has 0 aliphatic rings. The van der Waals surface area contributed by atoms with Crippen LogP contribution in [0.5, 0.6) is 5.75 Å². The van der Waals surface area contributed by atoms with Crippen molar-refractivity contribution in [3.05, 3.63) is 64.2 Å². The highest BCUT2D eigenvalue weighted by molar-refractivity contribution is 5.85. The van der Waals surface area contributed by atoms with Crippen molar-refractivity contribution in [3.8, 4) is 5.75 Å². The second kappa shape index (κ2) is 6.51. The Morgan fingerprint density at radius 3 is 2.16 bits per heavy atom. The van der Waals surface area contributed by atoms with Gasteiger partial charge in [0.1, 0.15) is 5.75 Å². The summed E-state index contributed by atoms with van der Waals surface area (Å²) < 4.78 is 0. The Balaban J connectivity index is 0.00000180. The zero-order valence-electron chi connectivity index (χ0n) is 9.76. The van der Waals surface area contributed by atoms with Gasteiger partial charge in [0.25, 0.3) is 5.69 Å². The Morgan fingerprint density at radius 2 is 1.63 bits per heavy atom. The van der Waals surface area contributed by atoms with Crippen LogP contribution in [0, 0.1) is 10.1 Å². The van der Waals surface area contributed by atoms with E-state index in [-0.39, 0.29) is 23.8 Å². The number of nitro groups is 1. The van der Waals surface area contributed by atoms with E-state index in [1.54, 1.807) is 42.6 Å². The molecule has 0 aliphatic heterocycles. The molecule has 19 heavy (non-hydrogen) atoms. The van der Waals surface area contributed by atoms with Crippen molar-refractivity contribution in [2.24, 2.45) is 4.99 Å². The maximum Gasteiger partial charge on any atom is 0.269 e. The zero-order chi connectivity index (χ0) is 13.0. The number of aromatic hydroxyl groups is 1. The van der Waals surface area contributed by atoms with Crippen molar-refractivity contribution in [2.45, 2.75) is 0 Å². The van der Waals surface area contributed by atoms with E-state index in [1.807, 2.05) is 0 Å². The molecule has 0 aliphatic carbocycles. The van der Waals surface area contributed by atoms with Gasteiger partial charge >= 0.3 is 0 Å². The van der Waals surface area contributed by atoms with E-state index in [9.17, 15) is 10.1 Å². The topological polar surface area (TPSA) is 75.7 Å². The molecule has 0 heterocycles. The number of phenols is 1. The lowest BCUT2D eigenvalue weighted by Gasteiger charge is -1.95. The van der Waals surface area contributed by atoms with E-state index in [1.165, 1.54) is 12.1 Å². The summed E-state index contributed by atoms with van der Waals surface area (Å²) in [5, 5.41) is 19.6. The van der Waals surface area contributed by atoms with E-state index < -0.39 is 4.92 Å². The Morgan fingerprint density at radius 1 is 1.05 bits per heavy atom. The summed E-state index contributed by atoms with van der Waals surface area (Å²) in [7, 11) is 0. The standard InChI is InChI=1S/C13H10N2O3.ClH/c16-13-7-3-11(4-8-13)14-9-10-1-5-12(6-2-10)15(17)18;/h1-9,16H;1H. The number of rotatable bonds is 3. The number of non-ortho nitro benzene ring substituents is 1. The first kappa shape index (κ1) is 14.7. The van der Waals surface area contributed by atoms with Crippen molar-refractivity contribution in [1.29, 1.82) is 0 Å². The first-order valence-corrected chi connectivity index (χ1v) is 5.23. The molecule has 0 amide bonds. The average Bonchev–Trinajstić information content (AvgIpc) is 2.38. The molecule has 0 radical (unpaired) electrons. The van der Waals surface area contributed by atoms with Gasteiger partial charge in [-0.1, -0.05) is 0 Å². The molecule has 2 aromatic rings. The maximum atomic E-state index is 10.5. The van der Waals surface area contributed by atoms with E-state index >= 15 is 0 Å². The molecule has 0 bridgehead atoms. The van der Waals surface area contributed by atoms with Crippen LogP contribution in [0.4, 0.5) is 11.4 Å². The highest BCUT2D eigenvalue weighted by Crippen LogP contribution is 2.17. The van der Waals surface area contributed by atoms with Gasteiger partial charge in [-0.2, -0.15) is 0 Å². The average molecular weight is 279 g/mol. The predicted molar refractivity (Wildman–Crippen MR) is 75.7 cm³/mol. The van der Waals surface area contributed by atoms with Crippen molar-refractivity contribution < 1.29 is 10.0 Å². The van der Waals surface area contributed by atoms with E-state index in [0.717, 1.165) is 5.56 Å². The van der Waals surface area contributed by atoms with E-state index in [4.69, 9.17) is 5.11 Å². The summed E-state index contributed by atoms with van der Waals surface area (Å²) in [5.41, 5.74) is 1.52. The summed E-state index contributed by atoms with van der Waals surface area (Å²) >= 11 is 0. The fourth-order valence-electron chi connectivity index (χ4n) is 1.37. The Labute approximate surface area is 115 Å². The molecule has 0 aromatic heterocycles. The van der Waals surface area contributed by atoms with E-state index in [2.05, 4.69) is 4.99 Å². The molecule has 2 aromatic carbocycles. The molecule has 0 saturated heterocycles. The minimum absolute atomic E-state index is 0. The van der Waals surface area contributed by atoms with Crippen molar-refractivity contribution in [1.82, 2.24) is 0 Å². The summed E-state index contributed by atoms with van der Waals surface area (Å²) in [5.74, 6) is 0.185. The van der Waals surface area contributed by atoms with Gasteiger partial charge in [-0.05, 0) is 42.0 Å². The van der Waals surface area contributed by atoms with Gasteiger partial charge in [0.2, 0.25) is 0 Å². The van der Waals surface area contributed by atoms with Crippen LogP contribution in [0.1, 0.15) is 5.56 Å². The van der Waals surface area contributed by atoms with Crippen LogP contribution in [-0.4, -0.2) is 16.2 Å². The Kier molecular flexibility index (Phi) is 5.02. The van der Waals surface area contributed by atoms with Gasteiger partial charge in [0, 0.05) is 18.3 Å². The van der Waals surface area contributed by atoms with E-state index in [0.29, 0.717) is 5.69 Å². The number of hydrogen-bond acceptors (Lipinski definition) is 4. The first-order chi connectivity index (χ1) is 8.65. The third kappa shape index (κ3) is 4.08. The Hall–Kier alpha value is -2.40. The van der Waals surface area contributed by atoms with Crippen LogP contribution in [0.3, 0.4) is 0 Å². The van der Waals surface area contributed by atoms with Crippen molar-refractivity contribution in [2.75, 3.05) is 0 Å². The van der Waals surface area contributed by atoms with Crippen LogP contribution in [0.25, 0.3) is 0 Å². The second-order valence-electron chi connectivity index (χ2n) is 3.62. The molecule has 0 atom stereocenters. The first-order valence-electron chi connectivity index (χ1n) is 5.23. The molecule has 5 nitrogen and oxygen atoms in total. The van der Waals surface area contributed by atoms with Crippen molar-refractivity contribution in [3.63, 3.8) is 0 Å². The molecule has 1 N–H and O–H groups in total. The molecule has 0 spiro atoms. The van der Waals surface area contributed by atoms with Gasteiger partial charge in [-0.3, -0.25) is 15.1 Å². The quantitative estimate of drug-likeness (QED) is 0.530. The molecule has 0 unspecified atom stereocenters. The lowest BCUT2D eigenvalue weighted by molar-refractivity contribution is -0.384. The summed E-state index contributed by atoms with van der Waals surface area (Å²) in [4.78, 5) is 14.2. The van der Waals surface area contributed by atoms with Crippen LogP contribution >= 0.6 is 12.4 Å². The minimum atomic E-state index is -0.444. The van der Waals surface area contributed by atoms with Gasteiger partial charge in [-0.15, -0.1) is 12.4 Å². The van der Waals surface area contributed by atoms with Crippen LogP contribution < -0.4 is 0 Å². The minimum Gasteiger partial charge on any atom is -0.508 e. The molecular formula is C13H11ClN2O3. The van der Waals surface area contributed by atoms with Gasteiger partial charge in [0.05, 0.1) is 10.6 Å². The van der Waals surface area contributed by atoms with Gasteiger partial charge < -0.3 is 5.11 Å². The highest BCUT2D eigenvalue weighted by Gasteiger charge is 2.02. The van der Waals surface area contributed by atoms with Crippen LogP contribution in [0.2, 0.25) is 0 Å². The number of aliphatic imine (C=N–C) groups is 1. The normalized spacial score (nSPS) is 10.1. The van der Waals surface area contributed by atoms with Crippen LogP contribution in [-0.2, 0) is 0 Å². The van der Waals surface area contributed by atoms with Gasteiger partial charge in [0.15, 0.2) is 0 Å². The fraction of sp³-hybridized carbons (Fsp3) is 0. The van der Waals surface area contributed by atoms with Crippen molar-refractivity contribution >= 4 is 30.0 Å². The SMILES string of the molecule is Cl.O=[N+]([O-])c1ccc(C=Nc2ccc(O)cc2)cc1. The second-order valence-corrected chi connectivity index (χ2v) is 3.62. The number of nitrogens with zero attached hydrogens (tertiary/aromatic N) is 2. The molecule has 0 saturated carbocycles. The number of hydrogen-bond donors (Lipinski definition) is 1. The summed E-state index contributed by atoms with van der Waals surface area (Å²) in [6.07, 6.45) is 1.61. The number of halogens is 1. The molecule has 6 heteroatoms. The summed E-state index contributed by atoms with van der Waals surface area (Å²) in [6.45, 7) is 0. The highest BCUT2D eigenvalue weighted by atomic mass is 35.5. The Bertz CT molecular complexity index is 580. The molecule has 0 fully saturated rings. The van der Waals surface area contributed by atoms with Crippen LogP contribution in [0.15, 0.2) is 53.5 Å². The largest absolute Gasteiger partial charge is 0.508 e. The lowest BCUT2D eigenvalue weighted by atomic mass is 10.2. The smallest absolute Gasteiger partial charge is 0.269 e. The predicted octanol–water partition coefficient (Wildman–Crippen LogP) is 3.47. The maximum absolute atomic E-state index is 10.5.